The van der Waals surface area contributed by atoms with Crippen molar-refractivity contribution in [3.05, 3.63) is 33.8 Å². The molecule has 66 valence electrons. The molecule has 1 aromatic carbocycles. The number of nitrogens with one attached hydrogen (secondary N) is 1. The lowest BCUT2D eigenvalue weighted by Crippen LogP contribution is -2.13. The first-order valence-corrected chi connectivity index (χ1v) is 4.01. The molecule has 0 unspecified atom stereocenters. The minimum Gasteiger partial charge on any atom is -0.384 e. The van der Waals surface area contributed by atoms with Gasteiger partial charge in [-0.3, -0.25) is 5.41 Å². The lowest BCUT2D eigenvalue weighted by atomic mass is 10.1. The van der Waals surface area contributed by atoms with Crippen LogP contribution in [0.3, 0.4) is 0 Å². The van der Waals surface area contributed by atoms with Gasteiger partial charge in [0.05, 0.1) is 0 Å². The van der Waals surface area contributed by atoms with E-state index in [9.17, 15) is 0 Å². The second-order valence-corrected chi connectivity index (χ2v) is 3.20. The second-order valence-electron chi connectivity index (χ2n) is 2.35. The molecule has 0 bridgehead atoms. The fourth-order valence-electron chi connectivity index (χ4n) is 0.973. The molecule has 1 aromatic rings. The minimum atomic E-state index is 0. The molecular formula is C8H10BrClN2. The van der Waals surface area contributed by atoms with Crippen LogP contribution in [-0.4, -0.2) is 5.84 Å². The van der Waals surface area contributed by atoms with Crippen LogP contribution in [0, 0.1) is 12.3 Å². The molecular weight excluding hydrogens is 239 g/mol. The maximum absolute atomic E-state index is 7.26. The van der Waals surface area contributed by atoms with E-state index in [2.05, 4.69) is 15.9 Å². The molecule has 0 aromatic heterocycles. The Labute approximate surface area is 86.2 Å². The third-order valence-electron chi connectivity index (χ3n) is 1.49. The zero-order valence-corrected chi connectivity index (χ0v) is 9.00. The normalized spacial score (nSPS) is 8.83. The largest absolute Gasteiger partial charge is 0.384 e. The van der Waals surface area contributed by atoms with Gasteiger partial charge in [-0.25, -0.2) is 0 Å². The molecule has 0 fully saturated rings. The lowest BCUT2D eigenvalue weighted by Gasteiger charge is -2.04. The maximum Gasteiger partial charge on any atom is 0.124 e. The molecule has 0 saturated carbocycles. The number of aryl methyl sites for hydroxylation is 1. The first-order chi connectivity index (χ1) is 5.13. The highest BCUT2D eigenvalue weighted by Crippen LogP contribution is 2.18. The highest BCUT2D eigenvalue weighted by Gasteiger charge is 2.04. The molecule has 0 spiro atoms. The number of benzene rings is 1. The van der Waals surface area contributed by atoms with Gasteiger partial charge in [0.2, 0.25) is 0 Å². The van der Waals surface area contributed by atoms with Crippen LogP contribution >= 0.6 is 28.3 Å². The molecule has 0 aliphatic rings. The van der Waals surface area contributed by atoms with Crippen LogP contribution in [0.4, 0.5) is 0 Å². The Bertz CT molecular complexity index is 279. The summed E-state index contributed by atoms with van der Waals surface area (Å²) in [5.74, 6) is 0.106. The van der Waals surface area contributed by atoms with Crippen LogP contribution in [0.5, 0.6) is 0 Å². The summed E-state index contributed by atoms with van der Waals surface area (Å²) in [6.45, 7) is 1.93. The molecule has 0 aliphatic heterocycles. The van der Waals surface area contributed by atoms with Crippen molar-refractivity contribution in [2.24, 2.45) is 5.73 Å². The monoisotopic (exact) mass is 248 g/mol. The predicted octanol–water partition coefficient (Wildman–Crippen LogP) is 2.46. The Hall–Kier alpha value is -0.540. The van der Waals surface area contributed by atoms with Gasteiger partial charge in [-0.2, -0.15) is 0 Å². The summed E-state index contributed by atoms with van der Waals surface area (Å²) in [5, 5.41) is 7.26. The van der Waals surface area contributed by atoms with Gasteiger partial charge in [0.25, 0.3) is 0 Å². The van der Waals surface area contributed by atoms with E-state index in [4.69, 9.17) is 11.1 Å². The molecule has 2 nitrogen and oxygen atoms in total. The van der Waals surface area contributed by atoms with E-state index in [0.717, 1.165) is 15.6 Å². The van der Waals surface area contributed by atoms with Crippen molar-refractivity contribution in [2.75, 3.05) is 0 Å². The summed E-state index contributed by atoms with van der Waals surface area (Å²) >= 11 is 3.33. The fourth-order valence-corrected chi connectivity index (χ4v) is 1.65. The Morgan fingerprint density at radius 1 is 1.50 bits per heavy atom. The molecule has 1 rings (SSSR count). The van der Waals surface area contributed by atoms with E-state index in [-0.39, 0.29) is 18.2 Å². The molecule has 3 N–H and O–H groups in total. The summed E-state index contributed by atoms with van der Waals surface area (Å²) in [6.07, 6.45) is 0. The number of nitrogen functional groups attached to an aromatic ring is 1. The number of rotatable bonds is 1. The Balaban J connectivity index is 0.00000121. The van der Waals surface area contributed by atoms with Crippen molar-refractivity contribution < 1.29 is 0 Å². The van der Waals surface area contributed by atoms with E-state index in [1.807, 2.05) is 25.1 Å². The van der Waals surface area contributed by atoms with Crippen molar-refractivity contribution >= 4 is 34.2 Å². The quantitative estimate of drug-likeness (QED) is 0.583. The number of hydrogen-bond donors (Lipinski definition) is 2. The number of hydrogen-bond acceptors (Lipinski definition) is 1. The highest BCUT2D eigenvalue weighted by atomic mass is 79.9. The average molecular weight is 250 g/mol. The van der Waals surface area contributed by atoms with Crippen LogP contribution in [0.2, 0.25) is 0 Å². The van der Waals surface area contributed by atoms with Crippen molar-refractivity contribution in [2.45, 2.75) is 6.92 Å². The second kappa shape index (κ2) is 4.48. The van der Waals surface area contributed by atoms with E-state index < -0.39 is 0 Å². The summed E-state index contributed by atoms with van der Waals surface area (Å²) < 4.78 is 0.880. The van der Waals surface area contributed by atoms with Crippen LogP contribution in [0.1, 0.15) is 11.1 Å². The molecule has 0 amide bonds. The molecule has 12 heavy (non-hydrogen) atoms. The zero-order chi connectivity index (χ0) is 8.43. The molecule has 0 heterocycles. The molecule has 0 radical (unpaired) electrons. The van der Waals surface area contributed by atoms with Crippen molar-refractivity contribution in [1.29, 1.82) is 5.41 Å². The molecule has 4 heteroatoms. The number of halogens is 2. The summed E-state index contributed by atoms with van der Waals surface area (Å²) in [7, 11) is 0. The molecule has 0 atom stereocenters. The van der Waals surface area contributed by atoms with Gasteiger partial charge in [0, 0.05) is 10.0 Å². The van der Waals surface area contributed by atoms with Crippen LogP contribution in [0.25, 0.3) is 0 Å². The smallest absolute Gasteiger partial charge is 0.124 e. The van der Waals surface area contributed by atoms with Gasteiger partial charge in [0.15, 0.2) is 0 Å². The van der Waals surface area contributed by atoms with E-state index in [0.29, 0.717) is 0 Å². The standard InChI is InChI=1S/C8H9BrN2.ClH/c1-5-3-2-4-6(9)7(5)8(10)11;/h2-4H,1H3,(H3,10,11);1H. The average Bonchev–Trinajstić information content (AvgIpc) is 1.85. The van der Waals surface area contributed by atoms with Gasteiger partial charge in [-0.05, 0) is 18.6 Å². The van der Waals surface area contributed by atoms with Gasteiger partial charge in [-0.1, -0.05) is 28.1 Å². The van der Waals surface area contributed by atoms with Gasteiger partial charge < -0.3 is 5.73 Å². The number of amidine groups is 1. The topological polar surface area (TPSA) is 49.9 Å². The molecule has 0 saturated heterocycles. The highest BCUT2D eigenvalue weighted by molar-refractivity contribution is 9.10. The SMILES string of the molecule is Cc1cccc(Br)c1C(=N)N.Cl. The number of nitrogens with two attached hydrogens (primary N) is 1. The van der Waals surface area contributed by atoms with Crippen molar-refractivity contribution in [3.63, 3.8) is 0 Å². The maximum atomic E-state index is 7.26. The van der Waals surface area contributed by atoms with Crippen LogP contribution in [0.15, 0.2) is 22.7 Å². The zero-order valence-electron chi connectivity index (χ0n) is 6.60. The predicted molar refractivity (Wildman–Crippen MR) is 57.1 cm³/mol. The first-order valence-electron chi connectivity index (χ1n) is 3.22. The van der Waals surface area contributed by atoms with Crippen molar-refractivity contribution in [1.82, 2.24) is 0 Å². The third kappa shape index (κ3) is 2.22. The van der Waals surface area contributed by atoms with Gasteiger partial charge in [0.1, 0.15) is 5.84 Å². The molecule has 0 aliphatic carbocycles. The minimum absolute atomic E-state index is 0. The van der Waals surface area contributed by atoms with Gasteiger partial charge in [-0.15, -0.1) is 12.4 Å². The summed E-state index contributed by atoms with van der Waals surface area (Å²) in [6, 6.07) is 5.73. The fraction of sp³-hybridized carbons (Fsp3) is 0.125. The summed E-state index contributed by atoms with van der Waals surface area (Å²) in [5.41, 5.74) is 7.17. The van der Waals surface area contributed by atoms with E-state index in [1.165, 1.54) is 0 Å². The van der Waals surface area contributed by atoms with Crippen LogP contribution < -0.4 is 5.73 Å². The van der Waals surface area contributed by atoms with Crippen LogP contribution in [-0.2, 0) is 0 Å². The lowest BCUT2D eigenvalue weighted by molar-refractivity contribution is 1.35. The van der Waals surface area contributed by atoms with Gasteiger partial charge >= 0.3 is 0 Å². The Kier molecular flexibility index (Phi) is 4.28. The third-order valence-corrected chi connectivity index (χ3v) is 2.15. The van der Waals surface area contributed by atoms with Crippen molar-refractivity contribution in [3.8, 4) is 0 Å². The van der Waals surface area contributed by atoms with E-state index in [1.54, 1.807) is 0 Å². The summed E-state index contributed by atoms with van der Waals surface area (Å²) in [4.78, 5) is 0. The van der Waals surface area contributed by atoms with E-state index >= 15 is 0 Å². The Morgan fingerprint density at radius 2 is 2.08 bits per heavy atom. The first kappa shape index (κ1) is 11.5. The Morgan fingerprint density at radius 3 is 2.42 bits per heavy atom.